The smallest absolute Gasteiger partial charge is 0.233 e. The van der Waals surface area contributed by atoms with Gasteiger partial charge in [-0.15, -0.1) is 0 Å². The lowest BCUT2D eigenvalue weighted by molar-refractivity contribution is -0.122. The highest BCUT2D eigenvalue weighted by molar-refractivity contribution is 5.77. The van der Waals surface area contributed by atoms with Crippen molar-refractivity contribution in [3.63, 3.8) is 0 Å². The summed E-state index contributed by atoms with van der Waals surface area (Å²) in [6.07, 6.45) is 0.211. The Kier molecular flexibility index (Phi) is 5.60. The van der Waals surface area contributed by atoms with Gasteiger partial charge in [0.2, 0.25) is 5.91 Å². The number of ether oxygens (including phenoxy) is 1. The lowest BCUT2D eigenvalue weighted by Crippen LogP contribution is -2.47. The molecule has 1 atom stereocenters. The van der Waals surface area contributed by atoms with Gasteiger partial charge in [-0.1, -0.05) is 6.92 Å². The molecule has 0 aliphatic carbocycles. The molecule has 1 aliphatic heterocycles. The third-order valence-electron chi connectivity index (χ3n) is 2.56. The van der Waals surface area contributed by atoms with Crippen LogP contribution >= 0.6 is 0 Å². The van der Waals surface area contributed by atoms with Crippen LogP contribution in [0.3, 0.4) is 0 Å². The van der Waals surface area contributed by atoms with E-state index < -0.39 is 0 Å². The summed E-state index contributed by atoms with van der Waals surface area (Å²) in [5.41, 5.74) is 0. The molecule has 1 heterocycles. The zero-order valence-corrected chi connectivity index (χ0v) is 9.58. The molecule has 1 rings (SSSR count). The number of morpholine rings is 1. The van der Waals surface area contributed by atoms with E-state index in [1.807, 2.05) is 0 Å². The van der Waals surface area contributed by atoms with Gasteiger partial charge in [0, 0.05) is 26.7 Å². The predicted octanol–water partition coefficient (Wildman–Crippen LogP) is -0.957. The maximum atomic E-state index is 11.2. The van der Waals surface area contributed by atoms with E-state index in [1.54, 1.807) is 7.05 Å². The van der Waals surface area contributed by atoms with Gasteiger partial charge in [0.25, 0.3) is 0 Å². The Morgan fingerprint density at radius 3 is 3.00 bits per heavy atom. The highest BCUT2D eigenvalue weighted by atomic mass is 16.5. The van der Waals surface area contributed by atoms with Gasteiger partial charge < -0.3 is 15.4 Å². The maximum Gasteiger partial charge on any atom is 0.233 e. The monoisotopic (exact) mass is 215 g/mol. The fraction of sp³-hybridized carbons (Fsp3) is 0.900. The Bertz CT molecular complexity index is 193. The van der Waals surface area contributed by atoms with Gasteiger partial charge in [-0.3, -0.25) is 9.69 Å². The fourth-order valence-corrected chi connectivity index (χ4v) is 1.61. The maximum absolute atomic E-state index is 11.2. The quantitative estimate of drug-likeness (QED) is 0.620. The second kappa shape index (κ2) is 6.76. The van der Waals surface area contributed by atoms with Crippen LogP contribution in [0.1, 0.15) is 6.92 Å². The van der Waals surface area contributed by atoms with Gasteiger partial charge in [-0.2, -0.15) is 0 Å². The van der Waals surface area contributed by atoms with Crippen molar-refractivity contribution in [2.75, 3.05) is 46.4 Å². The SMILES string of the molecule is CCN(CC(=O)NC)CC1CNCCO1. The van der Waals surface area contributed by atoms with Crippen molar-refractivity contribution in [3.8, 4) is 0 Å². The van der Waals surface area contributed by atoms with Crippen LogP contribution in [0.15, 0.2) is 0 Å². The minimum atomic E-state index is 0.0561. The van der Waals surface area contributed by atoms with Gasteiger partial charge in [0.15, 0.2) is 0 Å². The number of nitrogens with zero attached hydrogens (tertiary/aromatic N) is 1. The normalized spacial score (nSPS) is 21.7. The minimum absolute atomic E-state index is 0.0561. The molecule has 1 aliphatic rings. The molecule has 5 heteroatoms. The highest BCUT2D eigenvalue weighted by Gasteiger charge is 2.17. The third-order valence-corrected chi connectivity index (χ3v) is 2.56. The van der Waals surface area contributed by atoms with Gasteiger partial charge in [0.05, 0.1) is 19.3 Å². The number of amides is 1. The molecule has 0 radical (unpaired) electrons. The number of carbonyl (C=O) groups excluding carboxylic acids is 1. The van der Waals surface area contributed by atoms with Gasteiger partial charge in [-0.05, 0) is 6.54 Å². The molecule has 5 nitrogen and oxygen atoms in total. The van der Waals surface area contributed by atoms with E-state index in [-0.39, 0.29) is 12.0 Å². The molecule has 1 amide bonds. The lowest BCUT2D eigenvalue weighted by atomic mass is 10.2. The summed E-state index contributed by atoms with van der Waals surface area (Å²) in [5.74, 6) is 0.0561. The Balaban J connectivity index is 2.28. The molecule has 0 saturated carbocycles. The van der Waals surface area contributed by atoms with Crippen LogP contribution in [0.25, 0.3) is 0 Å². The number of likely N-dealkylation sites (N-methyl/N-ethyl adjacent to an activating group) is 2. The standard InChI is InChI=1S/C10H21N3O2/c1-3-13(8-10(14)11-2)7-9-6-12-4-5-15-9/h9,12H,3-8H2,1-2H3,(H,11,14). The van der Waals surface area contributed by atoms with Crippen molar-refractivity contribution >= 4 is 5.91 Å². The fourth-order valence-electron chi connectivity index (χ4n) is 1.61. The van der Waals surface area contributed by atoms with Crippen molar-refractivity contribution in [2.24, 2.45) is 0 Å². The van der Waals surface area contributed by atoms with Gasteiger partial charge in [-0.25, -0.2) is 0 Å². The van der Waals surface area contributed by atoms with E-state index in [4.69, 9.17) is 4.74 Å². The Hall–Kier alpha value is -0.650. The number of hydrogen-bond donors (Lipinski definition) is 2. The molecule has 2 N–H and O–H groups in total. The number of carbonyl (C=O) groups is 1. The van der Waals surface area contributed by atoms with Gasteiger partial charge in [0.1, 0.15) is 0 Å². The Morgan fingerprint density at radius 2 is 2.47 bits per heavy atom. The van der Waals surface area contributed by atoms with Crippen molar-refractivity contribution < 1.29 is 9.53 Å². The van der Waals surface area contributed by atoms with Crippen LogP contribution < -0.4 is 10.6 Å². The number of nitrogens with one attached hydrogen (secondary N) is 2. The molecule has 0 aromatic heterocycles. The van der Waals surface area contributed by atoms with Crippen molar-refractivity contribution in [1.29, 1.82) is 0 Å². The summed E-state index contributed by atoms with van der Waals surface area (Å²) in [7, 11) is 1.66. The van der Waals surface area contributed by atoms with E-state index >= 15 is 0 Å². The first-order valence-electron chi connectivity index (χ1n) is 5.51. The summed E-state index contributed by atoms with van der Waals surface area (Å²) in [6, 6.07) is 0. The first kappa shape index (κ1) is 12.4. The molecule has 0 spiro atoms. The molecule has 1 unspecified atom stereocenters. The Labute approximate surface area is 91.2 Å². The first-order chi connectivity index (χ1) is 7.26. The van der Waals surface area contributed by atoms with Crippen LogP contribution in [-0.2, 0) is 9.53 Å². The average molecular weight is 215 g/mol. The van der Waals surface area contributed by atoms with E-state index in [2.05, 4.69) is 22.5 Å². The van der Waals surface area contributed by atoms with E-state index in [0.717, 1.165) is 32.8 Å². The van der Waals surface area contributed by atoms with Gasteiger partial charge >= 0.3 is 0 Å². The molecule has 0 aromatic carbocycles. The van der Waals surface area contributed by atoms with E-state index in [0.29, 0.717) is 6.54 Å². The van der Waals surface area contributed by atoms with E-state index in [9.17, 15) is 4.79 Å². The molecule has 0 bridgehead atoms. The van der Waals surface area contributed by atoms with E-state index in [1.165, 1.54) is 0 Å². The van der Waals surface area contributed by atoms with Crippen LogP contribution in [-0.4, -0.2) is 63.3 Å². The molecule has 1 saturated heterocycles. The summed E-state index contributed by atoms with van der Waals surface area (Å²) in [6.45, 7) is 6.76. The largest absolute Gasteiger partial charge is 0.374 e. The molecule has 88 valence electrons. The Morgan fingerprint density at radius 1 is 1.67 bits per heavy atom. The van der Waals surface area contributed by atoms with Crippen molar-refractivity contribution in [3.05, 3.63) is 0 Å². The second-order valence-electron chi connectivity index (χ2n) is 3.70. The summed E-state index contributed by atoms with van der Waals surface area (Å²) in [5, 5.41) is 5.91. The molecule has 1 fully saturated rings. The van der Waals surface area contributed by atoms with Crippen molar-refractivity contribution in [2.45, 2.75) is 13.0 Å². The molecule has 15 heavy (non-hydrogen) atoms. The zero-order valence-electron chi connectivity index (χ0n) is 9.58. The third kappa shape index (κ3) is 4.59. The topological polar surface area (TPSA) is 53.6 Å². The van der Waals surface area contributed by atoms with Crippen LogP contribution in [0.5, 0.6) is 0 Å². The number of rotatable bonds is 5. The minimum Gasteiger partial charge on any atom is -0.374 e. The lowest BCUT2D eigenvalue weighted by Gasteiger charge is -2.29. The highest BCUT2D eigenvalue weighted by Crippen LogP contribution is 1.99. The second-order valence-corrected chi connectivity index (χ2v) is 3.70. The van der Waals surface area contributed by atoms with Crippen molar-refractivity contribution in [1.82, 2.24) is 15.5 Å². The first-order valence-corrected chi connectivity index (χ1v) is 5.51. The summed E-state index contributed by atoms with van der Waals surface area (Å²) in [4.78, 5) is 13.3. The predicted molar refractivity (Wildman–Crippen MR) is 58.8 cm³/mol. The summed E-state index contributed by atoms with van der Waals surface area (Å²) >= 11 is 0. The zero-order chi connectivity index (χ0) is 11.1. The summed E-state index contributed by atoms with van der Waals surface area (Å²) < 4.78 is 5.59. The molecular formula is C10H21N3O2. The molecular weight excluding hydrogens is 194 g/mol. The average Bonchev–Trinajstić information content (AvgIpc) is 2.29. The molecule has 0 aromatic rings. The van der Waals surface area contributed by atoms with Crippen LogP contribution in [0.2, 0.25) is 0 Å². The van der Waals surface area contributed by atoms with Crippen LogP contribution in [0.4, 0.5) is 0 Å². The number of hydrogen-bond acceptors (Lipinski definition) is 4. The van der Waals surface area contributed by atoms with Crippen LogP contribution in [0, 0.1) is 0 Å².